The summed E-state index contributed by atoms with van der Waals surface area (Å²) >= 11 is 5.58. The van der Waals surface area contributed by atoms with Crippen molar-refractivity contribution in [3.8, 4) is 0 Å². The van der Waals surface area contributed by atoms with Crippen molar-refractivity contribution in [3.05, 3.63) is 17.4 Å². The molecule has 0 aromatic carbocycles. The highest BCUT2D eigenvalue weighted by Crippen LogP contribution is 2.04. The molecule has 0 aliphatic rings. The molecule has 0 fully saturated rings. The molecule has 14 heavy (non-hydrogen) atoms. The maximum absolute atomic E-state index is 10.9. The fraction of sp³-hybridized carbons (Fsp3) is 0.375. The summed E-state index contributed by atoms with van der Waals surface area (Å²) in [5.74, 6) is 0.00787. The third kappa shape index (κ3) is 3.57. The number of ether oxygens (including phenoxy) is 1. The normalized spacial score (nSPS) is 9.57. The van der Waals surface area contributed by atoms with Crippen molar-refractivity contribution >= 4 is 23.5 Å². The summed E-state index contributed by atoms with van der Waals surface area (Å²) in [4.78, 5) is 18.6. The van der Waals surface area contributed by atoms with Crippen LogP contribution in [-0.4, -0.2) is 29.1 Å². The zero-order chi connectivity index (χ0) is 10.4. The Balaban J connectivity index is 2.38. The molecule has 76 valence electrons. The number of hydrogen-bond acceptors (Lipinski definition) is 5. The van der Waals surface area contributed by atoms with Crippen LogP contribution in [0, 0.1) is 0 Å². The van der Waals surface area contributed by atoms with Crippen molar-refractivity contribution in [2.75, 3.05) is 18.5 Å². The second-order valence-corrected chi connectivity index (χ2v) is 2.82. The predicted molar refractivity (Wildman–Crippen MR) is 52.2 cm³/mol. The minimum absolute atomic E-state index is 0.0511. The van der Waals surface area contributed by atoms with Crippen molar-refractivity contribution in [3.63, 3.8) is 0 Å². The predicted octanol–water partition coefficient (Wildman–Crippen LogP) is 1.10. The topological polar surface area (TPSA) is 64.1 Å². The first-order valence-electron chi connectivity index (χ1n) is 4.09. The summed E-state index contributed by atoms with van der Waals surface area (Å²) in [7, 11) is 0. The number of carbonyl (C=O) groups is 1. The van der Waals surface area contributed by atoms with Gasteiger partial charge in [-0.3, -0.25) is 4.79 Å². The first-order chi connectivity index (χ1) is 6.72. The standard InChI is InChI=1S/C8H10ClN3O2/c1-2-14-7(13)5-12-8-10-3-6(9)4-11-8/h3-4H,2,5H2,1H3,(H,10,11,12). The van der Waals surface area contributed by atoms with Gasteiger partial charge in [-0.2, -0.15) is 0 Å². The summed E-state index contributed by atoms with van der Waals surface area (Å²) in [5.41, 5.74) is 0. The maximum Gasteiger partial charge on any atom is 0.325 e. The van der Waals surface area contributed by atoms with E-state index >= 15 is 0 Å². The molecular weight excluding hydrogens is 206 g/mol. The second-order valence-electron chi connectivity index (χ2n) is 2.38. The summed E-state index contributed by atoms with van der Waals surface area (Å²) < 4.78 is 4.70. The van der Waals surface area contributed by atoms with Gasteiger partial charge in [0.1, 0.15) is 6.54 Å². The van der Waals surface area contributed by atoms with Crippen LogP contribution >= 0.6 is 11.6 Å². The minimum Gasteiger partial charge on any atom is -0.465 e. The van der Waals surface area contributed by atoms with Crippen molar-refractivity contribution in [1.82, 2.24) is 9.97 Å². The summed E-state index contributed by atoms with van der Waals surface area (Å²) in [6.45, 7) is 2.16. The fourth-order valence-electron chi connectivity index (χ4n) is 0.767. The number of esters is 1. The first kappa shape index (κ1) is 10.7. The van der Waals surface area contributed by atoms with E-state index in [0.717, 1.165) is 0 Å². The molecule has 0 saturated heterocycles. The molecule has 6 heteroatoms. The lowest BCUT2D eigenvalue weighted by Crippen LogP contribution is -2.17. The lowest BCUT2D eigenvalue weighted by atomic mass is 10.6. The number of nitrogens with one attached hydrogen (secondary N) is 1. The van der Waals surface area contributed by atoms with Gasteiger partial charge in [0.05, 0.1) is 24.0 Å². The largest absolute Gasteiger partial charge is 0.465 e. The summed E-state index contributed by atoms with van der Waals surface area (Å²) in [5, 5.41) is 3.15. The highest BCUT2D eigenvalue weighted by Gasteiger charge is 2.01. The van der Waals surface area contributed by atoms with E-state index in [-0.39, 0.29) is 12.5 Å². The van der Waals surface area contributed by atoms with Crippen molar-refractivity contribution < 1.29 is 9.53 Å². The van der Waals surface area contributed by atoms with Crippen LogP contribution in [-0.2, 0) is 9.53 Å². The molecule has 0 saturated carbocycles. The number of hydrogen-bond donors (Lipinski definition) is 1. The smallest absolute Gasteiger partial charge is 0.325 e. The Morgan fingerprint density at radius 3 is 2.79 bits per heavy atom. The van der Waals surface area contributed by atoms with E-state index in [0.29, 0.717) is 17.6 Å². The number of carbonyl (C=O) groups excluding carboxylic acids is 1. The van der Waals surface area contributed by atoms with E-state index in [2.05, 4.69) is 15.3 Å². The van der Waals surface area contributed by atoms with Gasteiger partial charge >= 0.3 is 5.97 Å². The van der Waals surface area contributed by atoms with Gasteiger partial charge in [0.15, 0.2) is 0 Å². The van der Waals surface area contributed by atoms with E-state index in [4.69, 9.17) is 16.3 Å². The van der Waals surface area contributed by atoms with Gasteiger partial charge in [0, 0.05) is 0 Å². The van der Waals surface area contributed by atoms with Crippen molar-refractivity contribution in [2.45, 2.75) is 6.92 Å². The monoisotopic (exact) mass is 215 g/mol. The van der Waals surface area contributed by atoms with Gasteiger partial charge in [0.25, 0.3) is 0 Å². The van der Waals surface area contributed by atoms with Crippen LogP contribution < -0.4 is 5.32 Å². The van der Waals surface area contributed by atoms with Gasteiger partial charge in [-0.1, -0.05) is 11.6 Å². The van der Waals surface area contributed by atoms with Crippen LogP contribution in [0.5, 0.6) is 0 Å². The van der Waals surface area contributed by atoms with Gasteiger partial charge in [-0.05, 0) is 6.92 Å². The zero-order valence-corrected chi connectivity index (χ0v) is 8.41. The lowest BCUT2D eigenvalue weighted by molar-refractivity contribution is -0.140. The molecule has 0 atom stereocenters. The third-order valence-corrected chi connectivity index (χ3v) is 1.51. The molecule has 0 amide bonds. The number of aromatic nitrogens is 2. The average Bonchev–Trinajstić information content (AvgIpc) is 2.17. The second kappa shape index (κ2) is 5.39. The third-order valence-electron chi connectivity index (χ3n) is 1.32. The van der Waals surface area contributed by atoms with Gasteiger partial charge < -0.3 is 10.1 Å². The maximum atomic E-state index is 10.9. The number of halogens is 1. The first-order valence-corrected chi connectivity index (χ1v) is 4.47. The van der Waals surface area contributed by atoms with E-state index < -0.39 is 0 Å². The van der Waals surface area contributed by atoms with Crippen LogP contribution in [0.15, 0.2) is 12.4 Å². The lowest BCUT2D eigenvalue weighted by Gasteiger charge is -2.03. The molecule has 1 rings (SSSR count). The van der Waals surface area contributed by atoms with Gasteiger partial charge in [-0.25, -0.2) is 9.97 Å². The van der Waals surface area contributed by atoms with Crippen LogP contribution in [0.4, 0.5) is 5.95 Å². The molecule has 0 spiro atoms. The van der Waals surface area contributed by atoms with Gasteiger partial charge in [0.2, 0.25) is 5.95 Å². The number of rotatable bonds is 4. The van der Waals surface area contributed by atoms with E-state index in [1.807, 2.05) is 0 Å². The minimum atomic E-state index is -0.342. The molecule has 0 aliphatic heterocycles. The van der Waals surface area contributed by atoms with Crippen LogP contribution in [0.3, 0.4) is 0 Å². The van der Waals surface area contributed by atoms with Crippen molar-refractivity contribution in [2.24, 2.45) is 0 Å². The van der Waals surface area contributed by atoms with Crippen LogP contribution in [0.1, 0.15) is 6.92 Å². The summed E-state index contributed by atoms with van der Waals surface area (Å²) in [6, 6.07) is 0. The fourth-order valence-corrected chi connectivity index (χ4v) is 0.864. The zero-order valence-electron chi connectivity index (χ0n) is 7.66. The van der Waals surface area contributed by atoms with Crippen LogP contribution in [0.25, 0.3) is 0 Å². The molecule has 0 unspecified atom stereocenters. The molecule has 1 N–H and O–H groups in total. The van der Waals surface area contributed by atoms with Crippen molar-refractivity contribution in [1.29, 1.82) is 0 Å². The molecule has 0 bridgehead atoms. The molecule has 1 heterocycles. The Morgan fingerprint density at radius 2 is 2.21 bits per heavy atom. The average molecular weight is 216 g/mol. The van der Waals surface area contributed by atoms with Gasteiger partial charge in [-0.15, -0.1) is 0 Å². The Bertz CT molecular complexity index is 302. The molecule has 5 nitrogen and oxygen atoms in total. The molecule has 1 aromatic heterocycles. The Morgan fingerprint density at radius 1 is 1.57 bits per heavy atom. The number of anilines is 1. The highest BCUT2D eigenvalue weighted by molar-refractivity contribution is 6.30. The molecule has 0 radical (unpaired) electrons. The molecule has 1 aromatic rings. The SMILES string of the molecule is CCOC(=O)CNc1ncc(Cl)cn1. The molecule has 0 aliphatic carbocycles. The summed E-state index contributed by atoms with van der Waals surface area (Å²) in [6.07, 6.45) is 2.89. The Labute approximate surface area is 86.5 Å². The Kier molecular flexibility index (Phi) is 4.12. The Hall–Kier alpha value is -1.36. The highest BCUT2D eigenvalue weighted by atomic mass is 35.5. The van der Waals surface area contributed by atoms with E-state index in [9.17, 15) is 4.79 Å². The molecular formula is C8H10ClN3O2. The number of nitrogens with zero attached hydrogens (tertiary/aromatic N) is 2. The van der Waals surface area contributed by atoms with Crippen LogP contribution in [0.2, 0.25) is 5.02 Å². The van der Waals surface area contributed by atoms with E-state index in [1.165, 1.54) is 12.4 Å². The quantitative estimate of drug-likeness (QED) is 0.763. The van der Waals surface area contributed by atoms with E-state index in [1.54, 1.807) is 6.92 Å².